The number of hydrogen-bond acceptors (Lipinski definition) is 3. The van der Waals surface area contributed by atoms with Crippen LogP contribution in [0.1, 0.15) is 20.3 Å². The quantitative estimate of drug-likeness (QED) is 0.567. The van der Waals surface area contributed by atoms with Crippen LogP contribution in [-0.4, -0.2) is 36.2 Å². The molecule has 3 N–H and O–H groups in total. The van der Waals surface area contributed by atoms with Crippen molar-refractivity contribution in [2.24, 2.45) is 5.92 Å². The van der Waals surface area contributed by atoms with Gasteiger partial charge in [0.25, 0.3) is 0 Å². The van der Waals surface area contributed by atoms with Crippen LogP contribution < -0.4 is 10.6 Å². The van der Waals surface area contributed by atoms with Crippen LogP contribution in [0.15, 0.2) is 0 Å². The fourth-order valence-electron chi connectivity index (χ4n) is 1.40. The zero-order valence-electron chi connectivity index (χ0n) is 8.21. The van der Waals surface area contributed by atoms with E-state index < -0.39 is 5.97 Å². The SMILES string of the molecule is CC(C)CC(NC1CNC1)C(=O)O. The molecule has 1 aliphatic rings. The van der Waals surface area contributed by atoms with Gasteiger partial charge in [-0.15, -0.1) is 0 Å². The van der Waals surface area contributed by atoms with Crippen LogP contribution in [0.25, 0.3) is 0 Å². The summed E-state index contributed by atoms with van der Waals surface area (Å²) in [4.78, 5) is 10.8. The number of aliphatic carboxylic acids is 1. The number of carbonyl (C=O) groups is 1. The standard InChI is InChI=1S/C9H18N2O2/c1-6(2)3-8(9(12)13)11-7-4-10-5-7/h6-8,10-11H,3-5H2,1-2H3,(H,12,13). The summed E-state index contributed by atoms with van der Waals surface area (Å²) in [7, 11) is 0. The summed E-state index contributed by atoms with van der Waals surface area (Å²) in [5, 5.41) is 15.1. The molecule has 0 radical (unpaired) electrons. The molecule has 1 rings (SSSR count). The largest absolute Gasteiger partial charge is 0.480 e. The Kier molecular flexibility index (Phi) is 3.69. The third-order valence-corrected chi connectivity index (χ3v) is 2.22. The van der Waals surface area contributed by atoms with Crippen molar-refractivity contribution in [1.29, 1.82) is 0 Å². The molecule has 0 aromatic carbocycles. The molecule has 13 heavy (non-hydrogen) atoms. The van der Waals surface area contributed by atoms with Gasteiger partial charge in [-0.2, -0.15) is 0 Å². The molecule has 0 aliphatic carbocycles. The monoisotopic (exact) mass is 186 g/mol. The van der Waals surface area contributed by atoms with Gasteiger partial charge in [-0.05, 0) is 12.3 Å². The highest BCUT2D eigenvalue weighted by molar-refractivity contribution is 5.73. The van der Waals surface area contributed by atoms with Gasteiger partial charge in [0.2, 0.25) is 0 Å². The van der Waals surface area contributed by atoms with Gasteiger partial charge in [-0.1, -0.05) is 13.8 Å². The van der Waals surface area contributed by atoms with Crippen molar-refractivity contribution >= 4 is 5.97 Å². The van der Waals surface area contributed by atoms with Crippen molar-refractivity contribution in [3.63, 3.8) is 0 Å². The topological polar surface area (TPSA) is 61.4 Å². The molecule has 1 heterocycles. The lowest BCUT2D eigenvalue weighted by Gasteiger charge is -2.31. The minimum absolute atomic E-state index is 0.347. The van der Waals surface area contributed by atoms with Gasteiger partial charge in [-0.3, -0.25) is 10.1 Å². The number of carboxylic acid groups (broad SMARTS) is 1. The Morgan fingerprint density at radius 2 is 2.23 bits per heavy atom. The molecule has 0 amide bonds. The highest BCUT2D eigenvalue weighted by Crippen LogP contribution is 2.06. The number of carboxylic acids is 1. The summed E-state index contributed by atoms with van der Waals surface area (Å²) in [6, 6.07) is -0.0352. The maximum absolute atomic E-state index is 10.8. The molecule has 0 spiro atoms. The Hall–Kier alpha value is -0.610. The first kappa shape index (κ1) is 10.5. The minimum Gasteiger partial charge on any atom is -0.480 e. The molecule has 1 unspecified atom stereocenters. The Labute approximate surface area is 78.7 Å². The van der Waals surface area contributed by atoms with E-state index in [2.05, 4.69) is 10.6 Å². The molecule has 1 saturated heterocycles. The molecule has 0 saturated carbocycles. The average Bonchev–Trinajstić information content (AvgIpc) is 1.92. The first-order valence-electron chi connectivity index (χ1n) is 4.79. The van der Waals surface area contributed by atoms with Crippen molar-refractivity contribution < 1.29 is 9.90 Å². The Morgan fingerprint density at radius 3 is 2.54 bits per heavy atom. The van der Waals surface area contributed by atoms with Gasteiger partial charge in [0.05, 0.1) is 0 Å². The summed E-state index contributed by atoms with van der Waals surface area (Å²) in [6.07, 6.45) is 0.700. The molecule has 4 nitrogen and oxygen atoms in total. The van der Waals surface area contributed by atoms with E-state index in [-0.39, 0.29) is 6.04 Å². The second-order valence-electron chi connectivity index (χ2n) is 4.04. The molecule has 4 heteroatoms. The van der Waals surface area contributed by atoms with Crippen LogP contribution in [0.2, 0.25) is 0 Å². The van der Waals surface area contributed by atoms with E-state index in [1.807, 2.05) is 13.8 Å². The Morgan fingerprint density at radius 1 is 1.62 bits per heavy atom. The third-order valence-electron chi connectivity index (χ3n) is 2.22. The van der Waals surface area contributed by atoms with Gasteiger partial charge in [0, 0.05) is 19.1 Å². The van der Waals surface area contributed by atoms with Gasteiger partial charge in [-0.25, -0.2) is 0 Å². The van der Waals surface area contributed by atoms with Crippen LogP contribution in [0.3, 0.4) is 0 Å². The van der Waals surface area contributed by atoms with Crippen molar-refractivity contribution in [2.75, 3.05) is 13.1 Å². The smallest absolute Gasteiger partial charge is 0.320 e. The maximum Gasteiger partial charge on any atom is 0.320 e. The molecule has 0 aromatic heterocycles. The van der Waals surface area contributed by atoms with Crippen molar-refractivity contribution in [2.45, 2.75) is 32.4 Å². The van der Waals surface area contributed by atoms with Crippen LogP contribution in [0, 0.1) is 5.92 Å². The van der Waals surface area contributed by atoms with E-state index in [1.54, 1.807) is 0 Å². The zero-order chi connectivity index (χ0) is 9.84. The van der Waals surface area contributed by atoms with Crippen LogP contribution >= 0.6 is 0 Å². The van der Waals surface area contributed by atoms with E-state index >= 15 is 0 Å². The van der Waals surface area contributed by atoms with Crippen LogP contribution in [0.4, 0.5) is 0 Å². The maximum atomic E-state index is 10.8. The van der Waals surface area contributed by atoms with E-state index in [1.165, 1.54) is 0 Å². The number of hydrogen-bond donors (Lipinski definition) is 3. The van der Waals surface area contributed by atoms with E-state index in [0.717, 1.165) is 13.1 Å². The second-order valence-corrected chi connectivity index (χ2v) is 4.04. The number of rotatable bonds is 5. The second kappa shape index (κ2) is 4.58. The van der Waals surface area contributed by atoms with Gasteiger partial charge in [0.15, 0.2) is 0 Å². The predicted octanol–water partition coefficient (Wildman–Crippen LogP) is 0.0471. The molecule has 1 atom stereocenters. The van der Waals surface area contributed by atoms with Crippen LogP contribution in [-0.2, 0) is 4.79 Å². The summed E-state index contributed by atoms with van der Waals surface area (Å²) >= 11 is 0. The molecular formula is C9H18N2O2. The normalized spacial score (nSPS) is 19.9. The average molecular weight is 186 g/mol. The predicted molar refractivity (Wildman–Crippen MR) is 50.7 cm³/mol. The van der Waals surface area contributed by atoms with Crippen molar-refractivity contribution in [1.82, 2.24) is 10.6 Å². The summed E-state index contributed by atoms with van der Waals surface area (Å²) < 4.78 is 0. The highest BCUT2D eigenvalue weighted by Gasteiger charge is 2.25. The van der Waals surface area contributed by atoms with Gasteiger partial charge in [0.1, 0.15) is 6.04 Å². The molecule has 0 aromatic rings. The lowest BCUT2D eigenvalue weighted by atomic mass is 10.0. The zero-order valence-corrected chi connectivity index (χ0v) is 8.21. The van der Waals surface area contributed by atoms with E-state index in [9.17, 15) is 4.79 Å². The van der Waals surface area contributed by atoms with Crippen molar-refractivity contribution in [3.8, 4) is 0 Å². The summed E-state index contributed by atoms with van der Waals surface area (Å²) in [5.41, 5.74) is 0. The lowest BCUT2D eigenvalue weighted by molar-refractivity contribution is -0.140. The lowest BCUT2D eigenvalue weighted by Crippen LogP contribution is -2.59. The number of nitrogens with one attached hydrogen (secondary N) is 2. The van der Waals surface area contributed by atoms with E-state index in [0.29, 0.717) is 18.4 Å². The fourth-order valence-corrected chi connectivity index (χ4v) is 1.40. The van der Waals surface area contributed by atoms with Crippen LogP contribution in [0.5, 0.6) is 0 Å². The molecule has 1 fully saturated rings. The fraction of sp³-hybridized carbons (Fsp3) is 0.889. The molecule has 0 bridgehead atoms. The molecule has 76 valence electrons. The van der Waals surface area contributed by atoms with Gasteiger partial charge >= 0.3 is 5.97 Å². The Balaban J connectivity index is 2.32. The molecule has 1 aliphatic heterocycles. The molecular weight excluding hydrogens is 168 g/mol. The summed E-state index contributed by atoms with van der Waals surface area (Å²) in [6.45, 7) is 5.86. The highest BCUT2D eigenvalue weighted by atomic mass is 16.4. The minimum atomic E-state index is -0.736. The van der Waals surface area contributed by atoms with Gasteiger partial charge < -0.3 is 10.4 Å². The first-order chi connectivity index (χ1) is 6.09. The summed E-state index contributed by atoms with van der Waals surface area (Å²) in [5.74, 6) is -0.317. The third kappa shape index (κ3) is 3.32. The van der Waals surface area contributed by atoms with Crippen molar-refractivity contribution in [3.05, 3.63) is 0 Å². The van der Waals surface area contributed by atoms with E-state index in [4.69, 9.17) is 5.11 Å². The first-order valence-corrected chi connectivity index (χ1v) is 4.79. The Bertz CT molecular complexity index is 178.